The van der Waals surface area contributed by atoms with Crippen molar-refractivity contribution in [2.45, 2.75) is 144 Å². The summed E-state index contributed by atoms with van der Waals surface area (Å²) in [5.74, 6) is 1.01. The van der Waals surface area contributed by atoms with Gasteiger partial charge in [0.05, 0.1) is 13.2 Å². The molecule has 3 rings (SSSR count). The van der Waals surface area contributed by atoms with Crippen molar-refractivity contribution in [1.29, 1.82) is 0 Å². The molecule has 1 aliphatic rings. The first-order chi connectivity index (χ1) is 21.5. The fourth-order valence-electron chi connectivity index (χ4n) is 6.26. The van der Waals surface area contributed by atoms with E-state index in [0.29, 0.717) is 6.54 Å². The van der Waals surface area contributed by atoms with Crippen LogP contribution in [0.3, 0.4) is 0 Å². The summed E-state index contributed by atoms with van der Waals surface area (Å²) in [5, 5.41) is 0. The van der Waals surface area contributed by atoms with Gasteiger partial charge in [-0.1, -0.05) is 129 Å². The van der Waals surface area contributed by atoms with Gasteiger partial charge in [0.1, 0.15) is 5.75 Å². The van der Waals surface area contributed by atoms with E-state index < -0.39 is 0 Å². The molecule has 0 bridgehead atoms. The summed E-state index contributed by atoms with van der Waals surface area (Å²) in [5.41, 5.74) is 5.85. The predicted molar refractivity (Wildman–Crippen MR) is 204 cm³/mol. The number of aliphatic imine (C=N–C) groups is 1. The topological polar surface area (TPSA) is 41.9 Å². The van der Waals surface area contributed by atoms with Crippen LogP contribution in [0.4, 0.5) is 5.69 Å². The Kier molecular flexibility index (Phi) is 17.4. The van der Waals surface area contributed by atoms with Gasteiger partial charge in [0.25, 0.3) is 0 Å². The number of carbonyl (C=O) groups excluding carboxylic acids is 1. The van der Waals surface area contributed by atoms with Crippen LogP contribution in [0.5, 0.6) is 5.75 Å². The number of allylic oxidation sites excluding steroid dienone is 1. The van der Waals surface area contributed by atoms with E-state index in [4.69, 9.17) is 4.74 Å². The zero-order valence-electron chi connectivity index (χ0n) is 30.1. The number of hydrogen-bond donors (Lipinski definition) is 0. The molecule has 0 saturated carbocycles. The van der Waals surface area contributed by atoms with Gasteiger partial charge in [-0.3, -0.25) is 9.79 Å². The molecule has 0 N–H and O–H groups in total. The first kappa shape index (κ1) is 39.8. The van der Waals surface area contributed by atoms with Gasteiger partial charge in [-0.15, -0.1) is 17.0 Å². The Hall–Kier alpha value is -2.40. The fourth-order valence-corrected chi connectivity index (χ4v) is 6.26. The highest BCUT2D eigenvalue weighted by Crippen LogP contribution is 2.35. The molecule has 4 nitrogen and oxygen atoms in total. The molecule has 0 fully saturated rings. The van der Waals surface area contributed by atoms with E-state index in [1.807, 2.05) is 11.1 Å². The third-order valence-corrected chi connectivity index (χ3v) is 9.49. The molecule has 1 amide bonds. The monoisotopic (exact) mass is 694 g/mol. The minimum Gasteiger partial charge on any atom is -0.493 e. The molecule has 2 aromatic rings. The van der Waals surface area contributed by atoms with Crippen LogP contribution in [0.25, 0.3) is 0 Å². The molecular formula is C41H63BrN2O2. The highest BCUT2D eigenvalue weighted by Gasteiger charge is 2.28. The van der Waals surface area contributed by atoms with E-state index >= 15 is 0 Å². The second-order valence-electron chi connectivity index (χ2n) is 14.7. The second-order valence-corrected chi connectivity index (χ2v) is 14.7. The summed E-state index contributed by atoms with van der Waals surface area (Å²) in [6.45, 7) is 17.2. The highest BCUT2D eigenvalue weighted by atomic mass is 79.9. The SMILES string of the molecule is Br.CCCCCCCCCCCCCCOc1ccc(CN(C(C)=O)c2ccc(CC3(C)CN=CC=C3C)cc2)cc1C(C)(C)C. The number of hydrogen-bond acceptors (Lipinski definition) is 3. The van der Waals surface area contributed by atoms with E-state index in [-0.39, 0.29) is 33.7 Å². The number of benzene rings is 2. The van der Waals surface area contributed by atoms with Crippen LogP contribution in [-0.4, -0.2) is 25.3 Å². The quantitative estimate of drug-likeness (QED) is 0.137. The maximum atomic E-state index is 12.8. The standard InChI is InChI=1S/C41H62N2O2.BrH/c1-8-9-10-11-12-13-14-15-16-17-18-19-28-45-39-25-22-36(29-38(39)40(4,5)6)31-43(34(3)44)37-23-20-35(21-24-37)30-41(7)32-42-27-26-33(41)2;/h20-27,29H,8-19,28,30-32H2,1-7H3;1H. The molecule has 1 heterocycles. The van der Waals surface area contributed by atoms with Gasteiger partial charge >= 0.3 is 0 Å². The second kappa shape index (κ2) is 20.1. The summed E-state index contributed by atoms with van der Waals surface area (Å²) >= 11 is 0. The van der Waals surface area contributed by atoms with Crippen LogP contribution in [0, 0.1) is 5.41 Å². The van der Waals surface area contributed by atoms with Crippen molar-refractivity contribution in [1.82, 2.24) is 0 Å². The molecule has 0 spiro atoms. The minimum atomic E-state index is -0.0591. The summed E-state index contributed by atoms with van der Waals surface area (Å²) in [7, 11) is 0. The number of amides is 1. The predicted octanol–water partition coefficient (Wildman–Crippen LogP) is 11.8. The van der Waals surface area contributed by atoms with Gasteiger partial charge in [0, 0.05) is 30.8 Å². The maximum Gasteiger partial charge on any atom is 0.224 e. The highest BCUT2D eigenvalue weighted by molar-refractivity contribution is 8.93. The lowest BCUT2D eigenvalue weighted by atomic mass is 9.76. The number of anilines is 1. The van der Waals surface area contributed by atoms with Crippen LogP contribution in [0.2, 0.25) is 0 Å². The average Bonchev–Trinajstić information content (AvgIpc) is 3.00. The molecule has 46 heavy (non-hydrogen) atoms. The van der Waals surface area contributed by atoms with Crippen molar-refractivity contribution in [2.75, 3.05) is 18.1 Å². The summed E-state index contributed by atoms with van der Waals surface area (Å²) in [6, 6.07) is 15.0. The Balaban J connectivity index is 0.00000736. The zero-order valence-corrected chi connectivity index (χ0v) is 31.8. The molecular weight excluding hydrogens is 632 g/mol. The van der Waals surface area contributed by atoms with E-state index in [0.717, 1.165) is 43.0 Å². The molecule has 1 aliphatic heterocycles. The third kappa shape index (κ3) is 13.0. The van der Waals surface area contributed by atoms with Crippen molar-refractivity contribution in [3.63, 3.8) is 0 Å². The van der Waals surface area contributed by atoms with Crippen molar-refractivity contribution in [2.24, 2.45) is 10.4 Å². The van der Waals surface area contributed by atoms with Crippen LogP contribution < -0.4 is 9.64 Å². The summed E-state index contributed by atoms with van der Waals surface area (Å²) in [4.78, 5) is 19.2. The van der Waals surface area contributed by atoms with E-state index in [9.17, 15) is 4.79 Å². The van der Waals surface area contributed by atoms with Gasteiger partial charge in [-0.25, -0.2) is 0 Å². The largest absolute Gasteiger partial charge is 0.493 e. The van der Waals surface area contributed by atoms with Crippen molar-refractivity contribution < 1.29 is 9.53 Å². The van der Waals surface area contributed by atoms with Gasteiger partial charge in [0.2, 0.25) is 5.91 Å². The molecule has 5 heteroatoms. The van der Waals surface area contributed by atoms with E-state index in [2.05, 4.69) is 95.1 Å². The van der Waals surface area contributed by atoms with Crippen LogP contribution >= 0.6 is 17.0 Å². The smallest absolute Gasteiger partial charge is 0.224 e. The Bertz CT molecular complexity index is 1240. The molecule has 0 aliphatic carbocycles. The van der Waals surface area contributed by atoms with Gasteiger partial charge in [-0.05, 0) is 72.2 Å². The number of unbranched alkanes of at least 4 members (excludes halogenated alkanes) is 11. The van der Waals surface area contributed by atoms with Gasteiger partial charge in [-0.2, -0.15) is 0 Å². The molecule has 0 radical (unpaired) electrons. The average molecular weight is 696 g/mol. The van der Waals surface area contributed by atoms with E-state index in [1.165, 1.54) is 87.3 Å². The minimum absolute atomic E-state index is 0. The zero-order chi connectivity index (χ0) is 32.7. The Morgan fingerprint density at radius 3 is 1.98 bits per heavy atom. The van der Waals surface area contributed by atoms with Crippen molar-refractivity contribution in [3.05, 3.63) is 70.8 Å². The number of halogens is 1. The summed E-state index contributed by atoms with van der Waals surface area (Å²) < 4.78 is 6.35. The normalized spacial score (nSPS) is 16.1. The first-order valence-corrected chi connectivity index (χ1v) is 17.8. The van der Waals surface area contributed by atoms with Crippen LogP contribution in [0.15, 0.2) is 59.1 Å². The van der Waals surface area contributed by atoms with Gasteiger partial charge < -0.3 is 9.64 Å². The molecule has 1 unspecified atom stereocenters. The van der Waals surface area contributed by atoms with Crippen molar-refractivity contribution in [3.8, 4) is 5.75 Å². The number of ether oxygens (including phenoxy) is 1. The third-order valence-electron chi connectivity index (χ3n) is 9.49. The molecule has 256 valence electrons. The molecule has 2 aromatic carbocycles. The Labute approximate surface area is 292 Å². The lowest BCUT2D eigenvalue weighted by Gasteiger charge is -2.31. The number of rotatable bonds is 19. The maximum absolute atomic E-state index is 12.8. The van der Waals surface area contributed by atoms with Crippen LogP contribution in [-0.2, 0) is 23.2 Å². The van der Waals surface area contributed by atoms with Crippen molar-refractivity contribution >= 4 is 34.8 Å². The van der Waals surface area contributed by atoms with Crippen LogP contribution in [0.1, 0.15) is 142 Å². The summed E-state index contributed by atoms with van der Waals surface area (Å²) in [6.07, 6.45) is 21.1. The number of dihydropyridines is 1. The van der Waals surface area contributed by atoms with E-state index in [1.54, 1.807) is 6.92 Å². The Morgan fingerprint density at radius 2 is 1.43 bits per heavy atom. The fraction of sp³-hybridized carbons (Fsp3) is 0.610. The van der Waals surface area contributed by atoms with Gasteiger partial charge in [0.15, 0.2) is 0 Å². The molecule has 1 atom stereocenters. The number of nitrogens with zero attached hydrogens (tertiary/aromatic N) is 2. The number of carbonyl (C=O) groups is 1. The Morgan fingerprint density at radius 1 is 0.870 bits per heavy atom. The lowest BCUT2D eigenvalue weighted by molar-refractivity contribution is -0.116. The molecule has 0 saturated heterocycles. The first-order valence-electron chi connectivity index (χ1n) is 17.8. The lowest BCUT2D eigenvalue weighted by Crippen LogP contribution is -2.28. The molecule has 0 aromatic heterocycles.